The summed E-state index contributed by atoms with van der Waals surface area (Å²) in [7, 11) is -7.59. The molecule has 16 heteroatoms. The molecule has 2 aromatic heterocycles. The Morgan fingerprint density at radius 1 is 0.939 bits per heavy atom. The van der Waals surface area contributed by atoms with Gasteiger partial charge in [0.15, 0.2) is 0 Å². The summed E-state index contributed by atoms with van der Waals surface area (Å²) in [5.41, 5.74) is 1.06. The van der Waals surface area contributed by atoms with Crippen LogP contribution in [0.1, 0.15) is 56.9 Å². The van der Waals surface area contributed by atoms with Crippen molar-refractivity contribution >= 4 is 86.6 Å². The predicted molar refractivity (Wildman–Crippen MR) is 200 cm³/mol. The van der Waals surface area contributed by atoms with Crippen molar-refractivity contribution in [3.63, 3.8) is 0 Å². The van der Waals surface area contributed by atoms with Gasteiger partial charge in [-0.2, -0.15) is 8.61 Å². The first kappa shape index (κ1) is 38.6. The maximum Gasteiger partial charge on any atom is 0.318 e. The number of benzene rings is 1. The molecule has 268 valence electrons. The Kier molecular flexibility index (Phi) is 13.6. The van der Waals surface area contributed by atoms with E-state index in [1.165, 1.54) is 12.3 Å². The SMILES string of the molecule is O=C(O)CN(CCCc1ccccc1)S(=O)(=O)c1cnc(N2CCC(CCCC3CCN(S(=O)(=O)c4cc(Br)c(Cl)s4)CC3)CC2)c(Br)c1. The molecule has 0 atom stereocenters. The fraction of sp³-hybridized carbons (Fsp3) is 0.515. The molecule has 0 amide bonds. The molecule has 0 unspecified atom stereocenters. The number of aryl methyl sites for hydroxylation is 1. The first-order valence-corrected chi connectivity index (χ1v) is 22.1. The minimum atomic E-state index is -4.07. The molecule has 10 nitrogen and oxygen atoms in total. The molecule has 0 bridgehead atoms. The average molecular weight is 881 g/mol. The number of nitrogens with zero attached hydrogens (tertiary/aromatic N) is 4. The molecule has 4 heterocycles. The lowest BCUT2D eigenvalue weighted by Gasteiger charge is -2.34. The molecule has 2 aliphatic heterocycles. The number of carboxylic acid groups (broad SMARTS) is 1. The maximum atomic E-state index is 13.5. The molecular formula is C33H41Br2ClN4O6S3. The smallest absolute Gasteiger partial charge is 0.318 e. The highest BCUT2D eigenvalue weighted by atomic mass is 79.9. The van der Waals surface area contributed by atoms with Crippen LogP contribution in [0.15, 0.2) is 66.7 Å². The highest BCUT2D eigenvalue weighted by Crippen LogP contribution is 2.38. The number of thiophene rings is 1. The maximum absolute atomic E-state index is 13.5. The Balaban J connectivity index is 1.07. The van der Waals surface area contributed by atoms with Crippen LogP contribution in [0, 0.1) is 11.8 Å². The molecule has 0 saturated carbocycles. The zero-order valence-corrected chi connectivity index (χ0v) is 33.4. The predicted octanol–water partition coefficient (Wildman–Crippen LogP) is 7.52. The van der Waals surface area contributed by atoms with Gasteiger partial charge in [-0.05, 0) is 99.9 Å². The van der Waals surface area contributed by atoms with Gasteiger partial charge in [-0.15, -0.1) is 11.3 Å². The average Bonchev–Trinajstić information content (AvgIpc) is 3.43. The van der Waals surface area contributed by atoms with Crippen molar-refractivity contribution in [3.05, 3.63) is 67.5 Å². The summed E-state index contributed by atoms with van der Waals surface area (Å²) in [6.45, 7) is 2.16. The summed E-state index contributed by atoms with van der Waals surface area (Å²) in [6.07, 6.45) is 9.56. The molecule has 1 N–H and O–H groups in total. The second-order valence-corrected chi connectivity index (χ2v) is 20.2. The standard InChI is InChI=1S/C33H41Br2ClN4O6S3/c34-28-21-31(47-32(28)36)49(45,46)39-18-13-26(14-19-39)9-4-8-25-11-16-38(17-12-25)33-29(35)20-27(22-37-33)48(43,44)40(23-30(41)42)15-5-10-24-6-2-1-3-7-24/h1-3,6-7,20-22,25-26H,4-5,8-19,23H2,(H,41,42). The van der Waals surface area contributed by atoms with Crippen molar-refractivity contribution in [2.45, 2.75) is 66.9 Å². The molecule has 1 aromatic carbocycles. The minimum absolute atomic E-state index is 0.0357. The van der Waals surface area contributed by atoms with E-state index >= 15 is 0 Å². The van der Waals surface area contributed by atoms with Gasteiger partial charge in [0.05, 0.1) is 4.47 Å². The number of carbonyl (C=O) groups is 1. The number of aliphatic carboxylic acids is 1. The van der Waals surface area contributed by atoms with Crippen molar-refractivity contribution in [1.29, 1.82) is 0 Å². The number of carboxylic acids is 1. The number of anilines is 1. The lowest BCUT2D eigenvalue weighted by molar-refractivity contribution is -0.137. The third-order valence-electron chi connectivity index (χ3n) is 9.39. The fourth-order valence-corrected chi connectivity index (χ4v) is 12.7. The zero-order valence-electron chi connectivity index (χ0n) is 27.0. The van der Waals surface area contributed by atoms with Crippen LogP contribution in [-0.2, 0) is 31.3 Å². The van der Waals surface area contributed by atoms with Crippen LogP contribution in [0.2, 0.25) is 4.34 Å². The van der Waals surface area contributed by atoms with Crippen molar-refractivity contribution in [3.8, 4) is 0 Å². The monoisotopic (exact) mass is 878 g/mol. The Morgan fingerprint density at radius 2 is 1.57 bits per heavy atom. The minimum Gasteiger partial charge on any atom is -0.480 e. The van der Waals surface area contributed by atoms with Gasteiger partial charge in [-0.3, -0.25) is 4.79 Å². The zero-order chi connectivity index (χ0) is 35.2. The van der Waals surface area contributed by atoms with E-state index in [1.807, 2.05) is 30.3 Å². The Morgan fingerprint density at radius 3 is 2.14 bits per heavy atom. The summed E-state index contributed by atoms with van der Waals surface area (Å²) in [5.74, 6) is 0.596. The van der Waals surface area contributed by atoms with E-state index in [0.29, 0.717) is 56.9 Å². The molecule has 0 radical (unpaired) electrons. The number of rotatable bonds is 15. The third-order valence-corrected chi connectivity index (χ3v) is 16.6. The molecule has 2 aliphatic rings. The van der Waals surface area contributed by atoms with E-state index in [0.717, 1.165) is 79.2 Å². The van der Waals surface area contributed by atoms with E-state index in [9.17, 15) is 26.7 Å². The highest BCUT2D eigenvalue weighted by Gasteiger charge is 2.32. The lowest BCUT2D eigenvalue weighted by atomic mass is 9.87. The Labute approximate surface area is 315 Å². The van der Waals surface area contributed by atoms with Gasteiger partial charge in [0.1, 0.15) is 25.8 Å². The number of hydrogen-bond acceptors (Lipinski definition) is 8. The van der Waals surface area contributed by atoms with E-state index in [-0.39, 0.29) is 15.6 Å². The Hall–Kier alpha value is -1.59. The molecule has 5 rings (SSSR count). The number of piperidine rings is 2. The highest BCUT2D eigenvalue weighted by molar-refractivity contribution is 9.11. The summed E-state index contributed by atoms with van der Waals surface area (Å²) in [5, 5.41) is 9.44. The molecule has 2 fully saturated rings. The number of hydrogen-bond donors (Lipinski definition) is 1. The van der Waals surface area contributed by atoms with E-state index in [1.54, 1.807) is 10.4 Å². The third kappa shape index (κ3) is 10.1. The van der Waals surface area contributed by atoms with Crippen molar-refractivity contribution in [2.75, 3.05) is 44.2 Å². The van der Waals surface area contributed by atoms with Crippen LogP contribution in [0.4, 0.5) is 5.82 Å². The van der Waals surface area contributed by atoms with Gasteiger partial charge in [-0.25, -0.2) is 21.8 Å². The molecule has 0 spiro atoms. The fourth-order valence-electron chi connectivity index (χ4n) is 6.62. The van der Waals surface area contributed by atoms with Crippen molar-refractivity contribution in [1.82, 2.24) is 13.6 Å². The van der Waals surface area contributed by atoms with Gasteiger partial charge in [-0.1, -0.05) is 61.2 Å². The van der Waals surface area contributed by atoms with Crippen molar-refractivity contribution in [2.24, 2.45) is 11.8 Å². The summed E-state index contributed by atoms with van der Waals surface area (Å²) in [6, 6.07) is 12.8. The topological polar surface area (TPSA) is 128 Å². The van der Waals surface area contributed by atoms with E-state index < -0.39 is 32.6 Å². The quantitative estimate of drug-likeness (QED) is 0.166. The number of sulfonamides is 2. The van der Waals surface area contributed by atoms with Gasteiger partial charge in [0.2, 0.25) is 10.0 Å². The van der Waals surface area contributed by atoms with Gasteiger partial charge >= 0.3 is 5.97 Å². The van der Waals surface area contributed by atoms with Gasteiger partial charge < -0.3 is 10.0 Å². The second kappa shape index (κ2) is 17.3. The van der Waals surface area contributed by atoms with E-state index in [4.69, 9.17) is 11.6 Å². The normalized spacial score (nSPS) is 17.2. The van der Waals surface area contributed by atoms with E-state index in [2.05, 4.69) is 41.7 Å². The molecule has 2 saturated heterocycles. The molecule has 0 aliphatic carbocycles. The summed E-state index contributed by atoms with van der Waals surface area (Å²) in [4.78, 5) is 18.2. The van der Waals surface area contributed by atoms with Crippen LogP contribution in [-0.4, -0.2) is 80.8 Å². The number of pyridine rings is 1. The van der Waals surface area contributed by atoms with Crippen LogP contribution in [0.5, 0.6) is 0 Å². The second-order valence-electron chi connectivity index (χ2n) is 12.7. The van der Waals surface area contributed by atoms with Crippen molar-refractivity contribution < 1.29 is 26.7 Å². The number of halogens is 3. The van der Waals surface area contributed by atoms with Gasteiger partial charge in [0, 0.05) is 43.4 Å². The largest absolute Gasteiger partial charge is 0.480 e. The molecule has 49 heavy (non-hydrogen) atoms. The molecule has 3 aromatic rings. The summed E-state index contributed by atoms with van der Waals surface area (Å²) >= 11 is 14.0. The van der Waals surface area contributed by atoms with Crippen LogP contribution in [0.3, 0.4) is 0 Å². The first-order chi connectivity index (χ1) is 23.3. The Bertz CT molecular complexity index is 1780. The molecular weight excluding hydrogens is 840 g/mol. The summed E-state index contributed by atoms with van der Waals surface area (Å²) < 4.78 is 57.5. The number of aromatic nitrogens is 1. The van der Waals surface area contributed by atoms with Gasteiger partial charge in [0.25, 0.3) is 10.0 Å². The lowest BCUT2D eigenvalue weighted by Crippen LogP contribution is -2.38. The van der Waals surface area contributed by atoms with Crippen LogP contribution < -0.4 is 4.90 Å². The van der Waals surface area contributed by atoms with Crippen LogP contribution in [0.25, 0.3) is 0 Å². The first-order valence-electron chi connectivity index (χ1n) is 16.5. The van der Waals surface area contributed by atoms with Crippen LogP contribution >= 0.6 is 54.8 Å².